The number of nitrogens with zero attached hydrogens (tertiary/aromatic N) is 1. The average molecular weight is 514 g/mol. The Morgan fingerprint density at radius 2 is 1.74 bits per heavy atom. The van der Waals surface area contributed by atoms with Crippen LogP contribution in [0.5, 0.6) is 0 Å². The first-order chi connectivity index (χ1) is 16.1. The molecule has 6 nitrogen and oxygen atoms in total. The predicted molar refractivity (Wildman–Crippen MR) is 120 cm³/mol. The minimum atomic E-state index is -2.87. The molecule has 1 saturated carbocycles. The molecule has 4 rings (SSSR count). The molecule has 2 aromatic carbocycles. The predicted octanol–water partition coefficient (Wildman–Crippen LogP) is 4.72. The zero-order valence-electron chi connectivity index (χ0n) is 17.7. The molecule has 2 aromatic rings. The van der Waals surface area contributed by atoms with Crippen molar-refractivity contribution >= 4 is 46.6 Å². The van der Waals surface area contributed by atoms with Gasteiger partial charge >= 0.3 is 0 Å². The monoisotopic (exact) mass is 513 g/mol. The van der Waals surface area contributed by atoms with Gasteiger partial charge in [0.25, 0.3) is 5.92 Å². The van der Waals surface area contributed by atoms with Gasteiger partial charge in [0.15, 0.2) is 0 Å². The summed E-state index contributed by atoms with van der Waals surface area (Å²) in [6, 6.07) is 6.42. The number of benzene rings is 2. The second kappa shape index (κ2) is 9.46. The molecule has 0 radical (unpaired) electrons. The molecule has 1 aliphatic carbocycles. The van der Waals surface area contributed by atoms with Crippen molar-refractivity contribution in [2.24, 2.45) is 0 Å². The Kier molecular flexibility index (Phi) is 6.78. The normalized spacial score (nSPS) is 20.6. The van der Waals surface area contributed by atoms with Crippen molar-refractivity contribution in [2.45, 2.75) is 49.7 Å². The number of likely N-dealkylation sites (tertiary alicyclic amines) is 1. The fourth-order valence-corrected chi connectivity index (χ4v) is 4.89. The van der Waals surface area contributed by atoms with Crippen LogP contribution in [-0.2, 0) is 14.4 Å². The van der Waals surface area contributed by atoms with Gasteiger partial charge in [0.1, 0.15) is 17.9 Å². The van der Waals surface area contributed by atoms with E-state index in [0.717, 1.165) is 11.0 Å². The van der Waals surface area contributed by atoms with Gasteiger partial charge in [-0.3, -0.25) is 14.4 Å². The van der Waals surface area contributed by atoms with Crippen LogP contribution in [0.4, 0.5) is 18.9 Å². The summed E-state index contributed by atoms with van der Waals surface area (Å²) in [5, 5.41) is 5.24. The van der Waals surface area contributed by atoms with Crippen molar-refractivity contribution < 1.29 is 27.6 Å². The summed E-state index contributed by atoms with van der Waals surface area (Å²) in [7, 11) is 0. The van der Waals surface area contributed by atoms with Gasteiger partial charge in [-0.25, -0.2) is 13.2 Å². The van der Waals surface area contributed by atoms with E-state index in [1.807, 2.05) is 0 Å². The van der Waals surface area contributed by atoms with E-state index in [1.165, 1.54) is 30.3 Å². The van der Waals surface area contributed by atoms with E-state index in [1.54, 1.807) is 6.07 Å². The Labute approximate surface area is 203 Å². The zero-order valence-corrected chi connectivity index (χ0v) is 19.2. The van der Waals surface area contributed by atoms with Crippen LogP contribution in [0.3, 0.4) is 0 Å². The summed E-state index contributed by atoms with van der Waals surface area (Å²) in [5.41, 5.74) is 0.269. The molecular weight excluding hydrogens is 494 g/mol. The minimum absolute atomic E-state index is 0.0331. The highest BCUT2D eigenvalue weighted by molar-refractivity contribution is 6.36. The highest BCUT2D eigenvalue weighted by Crippen LogP contribution is 2.41. The number of hydrogen-bond donors (Lipinski definition) is 2. The molecule has 11 heteroatoms. The highest BCUT2D eigenvalue weighted by atomic mass is 35.5. The summed E-state index contributed by atoms with van der Waals surface area (Å²) in [6.45, 7) is 0. The molecule has 1 aliphatic heterocycles. The first-order valence-corrected chi connectivity index (χ1v) is 11.3. The zero-order chi connectivity index (χ0) is 24.6. The van der Waals surface area contributed by atoms with Crippen molar-refractivity contribution in [2.75, 3.05) is 5.32 Å². The number of hydrogen-bond acceptors (Lipinski definition) is 3. The van der Waals surface area contributed by atoms with Crippen LogP contribution in [0.15, 0.2) is 42.5 Å². The van der Waals surface area contributed by atoms with Gasteiger partial charge in [0, 0.05) is 46.6 Å². The van der Waals surface area contributed by atoms with Crippen LogP contribution < -0.4 is 10.6 Å². The minimum Gasteiger partial charge on any atom is -0.351 e. The van der Waals surface area contributed by atoms with E-state index in [-0.39, 0.29) is 34.1 Å². The molecule has 2 fully saturated rings. The number of rotatable bonds is 6. The first kappa shape index (κ1) is 24.3. The Hall–Kier alpha value is -2.78. The highest BCUT2D eigenvalue weighted by Gasteiger charge is 2.49. The molecular formula is C23H20Cl2F3N3O3. The number of carbonyl (C=O) groups is 3. The number of carbonyl (C=O) groups excluding carboxylic acids is 3. The summed E-state index contributed by atoms with van der Waals surface area (Å²) >= 11 is 12.7. The van der Waals surface area contributed by atoms with Gasteiger partial charge in [-0.1, -0.05) is 35.3 Å². The van der Waals surface area contributed by atoms with Gasteiger partial charge < -0.3 is 15.5 Å². The van der Waals surface area contributed by atoms with Crippen LogP contribution in [0, 0.1) is 5.82 Å². The van der Waals surface area contributed by atoms with Crippen molar-refractivity contribution in [3.8, 4) is 0 Å². The lowest BCUT2D eigenvalue weighted by Crippen LogP contribution is -2.55. The van der Waals surface area contributed by atoms with Crippen LogP contribution in [0.25, 0.3) is 0 Å². The molecule has 0 bridgehead atoms. The third kappa shape index (κ3) is 5.00. The molecule has 3 amide bonds. The molecule has 2 aliphatic rings. The fraction of sp³-hybridized carbons (Fsp3) is 0.348. The molecule has 0 spiro atoms. The van der Waals surface area contributed by atoms with Crippen molar-refractivity contribution in [1.29, 1.82) is 0 Å². The van der Waals surface area contributed by atoms with Gasteiger partial charge in [0.05, 0.1) is 0 Å². The lowest BCUT2D eigenvalue weighted by Gasteiger charge is -2.38. The summed E-state index contributed by atoms with van der Waals surface area (Å²) in [6.07, 6.45) is -1.000. The molecule has 34 heavy (non-hydrogen) atoms. The van der Waals surface area contributed by atoms with Crippen LogP contribution in [0.1, 0.15) is 37.3 Å². The SMILES string of the molecule is O=C(Nc1cccc(F)c1)C1CCC(=O)N1[C@H](C(=O)NC1CC(F)(F)C1)c1c(Cl)cccc1Cl. The lowest BCUT2D eigenvalue weighted by molar-refractivity contribution is -0.145. The van der Waals surface area contributed by atoms with Gasteiger partial charge in [-0.15, -0.1) is 0 Å². The van der Waals surface area contributed by atoms with E-state index < -0.39 is 60.4 Å². The van der Waals surface area contributed by atoms with Crippen LogP contribution in [-0.4, -0.2) is 40.6 Å². The Morgan fingerprint density at radius 1 is 1.09 bits per heavy atom. The quantitative estimate of drug-likeness (QED) is 0.586. The Bertz CT molecular complexity index is 1120. The van der Waals surface area contributed by atoms with E-state index in [9.17, 15) is 27.6 Å². The maximum absolute atomic E-state index is 13.5. The van der Waals surface area contributed by atoms with Crippen molar-refractivity contribution in [3.63, 3.8) is 0 Å². The number of nitrogens with one attached hydrogen (secondary N) is 2. The molecule has 0 aromatic heterocycles. The lowest BCUT2D eigenvalue weighted by atomic mass is 9.87. The third-order valence-electron chi connectivity index (χ3n) is 5.89. The fourth-order valence-electron chi connectivity index (χ4n) is 4.29. The van der Waals surface area contributed by atoms with Crippen molar-refractivity contribution in [3.05, 3.63) is 63.9 Å². The molecule has 1 heterocycles. The second-order valence-corrected chi connectivity index (χ2v) is 9.18. The largest absolute Gasteiger partial charge is 0.351 e. The Morgan fingerprint density at radius 3 is 2.35 bits per heavy atom. The van der Waals surface area contributed by atoms with E-state index in [2.05, 4.69) is 10.6 Å². The first-order valence-electron chi connectivity index (χ1n) is 10.6. The van der Waals surface area contributed by atoms with Gasteiger partial charge in [-0.2, -0.15) is 0 Å². The van der Waals surface area contributed by atoms with E-state index >= 15 is 0 Å². The van der Waals surface area contributed by atoms with Gasteiger partial charge in [-0.05, 0) is 36.8 Å². The number of alkyl halides is 2. The summed E-state index contributed by atoms with van der Waals surface area (Å²) < 4.78 is 40.2. The topological polar surface area (TPSA) is 78.5 Å². The smallest absolute Gasteiger partial charge is 0.252 e. The molecule has 1 saturated heterocycles. The van der Waals surface area contributed by atoms with E-state index in [0.29, 0.717) is 0 Å². The average Bonchev–Trinajstić information content (AvgIpc) is 3.10. The standard InChI is InChI=1S/C23H20Cl2F3N3O3/c24-15-5-2-6-16(25)19(15)20(22(34)30-14-10-23(27,28)11-14)31-17(7-8-18(31)32)21(33)29-13-4-1-3-12(26)9-13/h1-6,9,14,17,20H,7-8,10-11H2,(H,29,33)(H,30,34)/t17?,20-/m0/s1. The molecule has 2 N–H and O–H groups in total. The van der Waals surface area contributed by atoms with Crippen LogP contribution >= 0.6 is 23.2 Å². The Balaban J connectivity index is 1.66. The van der Waals surface area contributed by atoms with Crippen molar-refractivity contribution in [1.82, 2.24) is 10.2 Å². The second-order valence-electron chi connectivity index (χ2n) is 8.36. The number of anilines is 1. The maximum atomic E-state index is 13.5. The molecule has 180 valence electrons. The summed E-state index contributed by atoms with van der Waals surface area (Å²) in [5.74, 6) is -5.34. The van der Waals surface area contributed by atoms with E-state index in [4.69, 9.17) is 23.2 Å². The van der Waals surface area contributed by atoms with Gasteiger partial charge in [0.2, 0.25) is 17.7 Å². The third-order valence-corrected chi connectivity index (χ3v) is 6.55. The van der Waals surface area contributed by atoms with Crippen LogP contribution in [0.2, 0.25) is 10.0 Å². The summed E-state index contributed by atoms with van der Waals surface area (Å²) in [4.78, 5) is 40.4. The maximum Gasteiger partial charge on any atom is 0.252 e. The molecule has 2 atom stereocenters. The molecule has 1 unspecified atom stereocenters. The number of halogens is 5. The number of amides is 3.